The van der Waals surface area contributed by atoms with Gasteiger partial charge in [-0.2, -0.15) is 0 Å². The van der Waals surface area contributed by atoms with Crippen LogP contribution in [0, 0.1) is 11.8 Å². The highest BCUT2D eigenvalue weighted by Crippen LogP contribution is 2.29. The molecule has 5 atom stereocenters. The lowest BCUT2D eigenvalue weighted by molar-refractivity contribution is -0.175. The Morgan fingerprint density at radius 3 is 2.41 bits per heavy atom. The number of nitrogens with one attached hydrogen (secondary N) is 2. The maximum Gasteiger partial charge on any atom is 0.332 e. The molecule has 1 fully saturated rings. The molecule has 1 aliphatic rings. The molecule has 2 rings (SSSR count). The van der Waals surface area contributed by atoms with Gasteiger partial charge in [-0.3, -0.25) is 19.2 Å². The number of esters is 3. The summed E-state index contributed by atoms with van der Waals surface area (Å²) in [6.07, 6.45) is 1.17. The number of hydrogen-bond acceptors (Lipinski definition) is 9. The number of carbonyl (C=O) groups excluding carboxylic acids is 5. The van der Waals surface area contributed by atoms with Crippen molar-refractivity contribution in [3.8, 4) is 5.75 Å². The molecule has 216 valence electrons. The fourth-order valence-electron chi connectivity index (χ4n) is 4.40. The summed E-state index contributed by atoms with van der Waals surface area (Å²) >= 11 is 0. The lowest BCUT2D eigenvalue weighted by Gasteiger charge is -2.29. The average molecular weight is 549 g/mol. The Balaban J connectivity index is 2.33. The van der Waals surface area contributed by atoms with Gasteiger partial charge in [-0.1, -0.05) is 52.5 Å². The Morgan fingerprint density at radius 1 is 1.08 bits per heavy atom. The molecule has 1 unspecified atom stereocenters. The van der Waals surface area contributed by atoms with E-state index in [0.29, 0.717) is 19.3 Å². The van der Waals surface area contributed by atoms with Crippen molar-refractivity contribution in [2.45, 2.75) is 97.5 Å². The van der Waals surface area contributed by atoms with Crippen molar-refractivity contribution in [3.63, 3.8) is 0 Å². The van der Waals surface area contributed by atoms with E-state index in [0.717, 1.165) is 19.3 Å². The third-order valence-electron chi connectivity index (χ3n) is 6.48. The number of cyclic esters (lactones) is 2. The maximum atomic E-state index is 13.4. The predicted molar refractivity (Wildman–Crippen MR) is 142 cm³/mol. The van der Waals surface area contributed by atoms with Crippen molar-refractivity contribution in [2.75, 3.05) is 5.32 Å². The molecule has 1 heterocycles. The minimum absolute atomic E-state index is 0.000221. The minimum atomic E-state index is -1.42. The minimum Gasteiger partial charge on any atom is -0.505 e. The summed E-state index contributed by atoms with van der Waals surface area (Å²) in [5.74, 6) is -4.26. The SMILES string of the molecule is CCCCCC[C@H]1C(=O)OC(C)[C@@H](NC(=O)c2cccc(NC=O)c2O)C(=O)O[C@@H](C)[C@H]1OC(=O)CC(C)C. The lowest BCUT2D eigenvalue weighted by Crippen LogP contribution is -2.50. The highest BCUT2D eigenvalue weighted by Gasteiger charge is 2.44. The van der Waals surface area contributed by atoms with Crippen LogP contribution in [0.25, 0.3) is 0 Å². The third kappa shape index (κ3) is 8.97. The Bertz CT molecular complexity index is 1030. The molecule has 0 spiro atoms. The molecule has 0 aliphatic carbocycles. The molecule has 1 aromatic carbocycles. The smallest absolute Gasteiger partial charge is 0.332 e. The Morgan fingerprint density at radius 2 is 1.77 bits per heavy atom. The number of ether oxygens (including phenoxy) is 3. The molecule has 3 N–H and O–H groups in total. The summed E-state index contributed by atoms with van der Waals surface area (Å²) in [7, 11) is 0. The van der Waals surface area contributed by atoms with Crippen molar-refractivity contribution >= 4 is 35.9 Å². The van der Waals surface area contributed by atoms with E-state index in [2.05, 4.69) is 17.6 Å². The molecule has 0 aromatic heterocycles. The van der Waals surface area contributed by atoms with Crippen LogP contribution in [0.5, 0.6) is 5.75 Å². The van der Waals surface area contributed by atoms with Crippen molar-refractivity contribution < 1.29 is 43.3 Å². The van der Waals surface area contributed by atoms with Gasteiger partial charge < -0.3 is 30.0 Å². The average Bonchev–Trinajstić information content (AvgIpc) is 2.88. The van der Waals surface area contributed by atoms with E-state index >= 15 is 0 Å². The van der Waals surface area contributed by atoms with Crippen LogP contribution in [0.2, 0.25) is 0 Å². The molecule has 1 aliphatic heterocycles. The number of benzene rings is 1. The van der Waals surface area contributed by atoms with E-state index in [1.165, 1.54) is 32.0 Å². The van der Waals surface area contributed by atoms with E-state index in [1.807, 2.05) is 13.8 Å². The number of para-hydroxylation sites is 1. The number of rotatable bonds is 12. The maximum absolute atomic E-state index is 13.4. The summed E-state index contributed by atoms with van der Waals surface area (Å²) in [5, 5.41) is 15.1. The normalized spacial score (nSPS) is 23.5. The van der Waals surface area contributed by atoms with Gasteiger partial charge >= 0.3 is 17.9 Å². The molecule has 39 heavy (non-hydrogen) atoms. The van der Waals surface area contributed by atoms with Gasteiger partial charge in [-0.25, -0.2) is 4.79 Å². The zero-order valence-corrected chi connectivity index (χ0v) is 23.2. The monoisotopic (exact) mass is 548 g/mol. The summed E-state index contributed by atoms with van der Waals surface area (Å²) in [4.78, 5) is 62.9. The zero-order valence-electron chi connectivity index (χ0n) is 23.2. The van der Waals surface area contributed by atoms with Crippen molar-refractivity contribution in [3.05, 3.63) is 23.8 Å². The van der Waals surface area contributed by atoms with E-state index < -0.39 is 59.8 Å². The number of carbonyl (C=O) groups is 5. The number of phenols is 1. The van der Waals surface area contributed by atoms with Crippen LogP contribution >= 0.6 is 0 Å². The van der Waals surface area contributed by atoms with Crippen LogP contribution in [0.1, 0.15) is 83.5 Å². The first-order valence-electron chi connectivity index (χ1n) is 13.4. The van der Waals surface area contributed by atoms with Crippen molar-refractivity contribution in [1.29, 1.82) is 0 Å². The Labute approximate surface area is 228 Å². The number of phenolic OH excluding ortho intramolecular Hbond substituents is 1. The van der Waals surface area contributed by atoms with Crippen LogP contribution < -0.4 is 10.6 Å². The van der Waals surface area contributed by atoms with Gasteiger partial charge in [0.25, 0.3) is 5.91 Å². The summed E-state index contributed by atoms with van der Waals surface area (Å²) in [6, 6.07) is 2.71. The van der Waals surface area contributed by atoms with Gasteiger partial charge in [0.1, 0.15) is 12.2 Å². The van der Waals surface area contributed by atoms with Crippen LogP contribution in [0.3, 0.4) is 0 Å². The predicted octanol–water partition coefficient (Wildman–Crippen LogP) is 3.48. The van der Waals surface area contributed by atoms with E-state index in [4.69, 9.17) is 14.2 Å². The third-order valence-corrected chi connectivity index (χ3v) is 6.48. The number of anilines is 1. The largest absolute Gasteiger partial charge is 0.505 e. The van der Waals surface area contributed by atoms with E-state index in [-0.39, 0.29) is 23.6 Å². The van der Waals surface area contributed by atoms with Gasteiger partial charge in [0.15, 0.2) is 17.9 Å². The fraction of sp³-hybridized carbons (Fsp3) is 0.607. The Hall–Kier alpha value is -3.63. The van der Waals surface area contributed by atoms with Crippen LogP contribution in [0.4, 0.5) is 5.69 Å². The van der Waals surface area contributed by atoms with E-state index in [1.54, 1.807) is 0 Å². The van der Waals surface area contributed by atoms with Crippen LogP contribution in [-0.4, -0.2) is 59.7 Å². The van der Waals surface area contributed by atoms with Gasteiger partial charge in [-0.15, -0.1) is 0 Å². The summed E-state index contributed by atoms with van der Waals surface area (Å²) < 4.78 is 16.9. The summed E-state index contributed by atoms with van der Waals surface area (Å²) in [5.41, 5.74) is -0.213. The highest BCUT2D eigenvalue weighted by atomic mass is 16.6. The second-order valence-electron chi connectivity index (χ2n) is 10.2. The topological polar surface area (TPSA) is 157 Å². The molecule has 11 heteroatoms. The highest BCUT2D eigenvalue weighted by molar-refractivity contribution is 6.01. The number of unbranched alkanes of at least 4 members (excludes halogenated alkanes) is 3. The lowest BCUT2D eigenvalue weighted by atomic mass is 9.92. The molecular weight excluding hydrogens is 508 g/mol. The van der Waals surface area contributed by atoms with Crippen molar-refractivity contribution in [2.24, 2.45) is 11.8 Å². The first kappa shape index (κ1) is 31.6. The van der Waals surface area contributed by atoms with Crippen LogP contribution in [0.15, 0.2) is 18.2 Å². The fourth-order valence-corrected chi connectivity index (χ4v) is 4.40. The second-order valence-corrected chi connectivity index (χ2v) is 10.2. The van der Waals surface area contributed by atoms with Gasteiger partial charge in [-0.05, 0) is 38.3 Å². The molecule has 0 radical (unpaired) electrons. The Kier molecular flexibility index (Phi) is 12.2. The molecule has 11 nitrogen and oxygen atoms in total. The van der Waals surface area contributed by atoms with Crippen molar-refractivity contribution in [1.82, 2.24) is 5.32 Å². The van der Waals surface area contributed by atoms with E-state index in [9.17, 15) is 29.1 Å². The molecule has 1 aromatic rings. The first-order valence-corrected chi connectivity index (χ1v) is 13.4. The number of aromatic hydroxyl groups is 1. The quantitative estimate of drug-likeness (QED) is 0.117. The van der Waals surface area contributed by atoms with Gasteiger partial charge in [0, 0.05) is 6.42 Å². The molecule has 1 saturated heterocycles. The zero-order chi connectivity index (χ0) is 29.1. The summed E-state index contributed by atoms with van der Waals surface area (Å²) in [6.45, 7) is 8.77. The number of hydrogen-bond donors (Lipinski definition) is 3. The van der Waals surface area contributed by atoms with Gasteiger partial charge in [0.05, 0.1) is 17.2 Å². The molecule has 0 bridgehead atoms. The number of amides is 2. The molecular formula is C28H40N2O9. The molecule has 2 amide bonds. The van der Waals surface area contributed by atoms with Crippen LogP contribution in [-0.2, 0) is 33.4 Å². The first-order chi connectivity index (χ1) is 18.5. The standard InChI is InChI=1S/C28H40N2O9/c1-6-7-8-9-11-20-25(39-22(32)14-16(2)3)18(5)38-28(36)23(17(4)37-27(20)35)30-26(34)19-12-10-13-21(24(19)33)29-15-31/h10,12-13,15-18,20,23,25,33H,6-9,11,14H2,1-5H3,(H,29,31)(H,30,34)/t17?,18-,20+,23+,25+/m0/s1. The molecule has 0 saturated carbocycles. The van der Waals surface area contributed by atoms with Gasteiger partial charge in [0.2, 0.25) is 6.41 Å². The second kappa shape index (κ2) is 15.1.